The van der Waals surface area contributed by atoms with Crippen LogP contribution in [0.4, 0.5) is 5.69 Å². The van der Waals surface area contributed by atoms with Crippen LogP contribution in [0.5, 0.6) is 11.5 Å². The molecule has 0 spiro atoms. The van der Waals surface area contributed by atoms with Crippen LogP contribution < -0.4 is 14.8 Å². The summed E-state index contributed by atoms with van der Waals surface area (Å²) in [5, 5.41) is 5.48. The quantitative estimate of drug-likeness (QED) is 0.866. The minimum Gasteiger partial charge on any atom is -0.497 e. The standard InChI is InChI=1S/C14H17NO2S/c1-16-11-5-6-13(14(10-11)17-2)15-8-7-12-4-3-9-18-12/h3-6,9-10,15H,7-8H2,1-2H3. The van der Waals surface area contributed by atoms with E-state index in [1.54, 1.807) is 25.6 Å². The number of rotatable bonds is 6. The van der Waals surface area contributed by atoms with Gasteiger partial charge in [-0.15, -0.1) is 11.3 Å². The lowest BCUT2D eigenvalue weighted by atomic mass is 10.2. The van der Waals surface area contributed by atoms with Crippen molar-refractivity contribution < 1.29 is 9.47 Å². The minimum atomic E-state index is 0.802. The van der Waals surface area contributed by atoms with Gasteiger partial charge in [0.05, 0.1) is 19.9 Å². The zero-order chi connectivity index (χ0) is 12.8. The molecule has 2 aromatic rings. The number of benzene rings is 1. The Bertz CT molecular complexity index is 483. The summed E-state index contributed by atoms with van der Waals surface area (Å²) in [5.74, 6) is 1.61. The number of nitrogens with one attached hydrogen (secondary N) is 1. The van der Waals surface area contributed by atoms with Gasteiger partial charge in [0.1, 0.15) is 11.5 Å². The smallest absolute Gasteiger partial charge is 0.145 e. The predicted molar refractivity (Wildman–Crippen MR) is 76.1 cm³/mol. The van der Waals surface area contributed by atoms with Crippen LogP contribution in [0.3, 0.4) is 0 Å². The molecule has 3 nitrogen and oxygen atoms in total. The number of hydrogen-bond donors (Lipinski definition) is 1. The molecule has 18 heavy (non-hydrogen) atoms. The van der Waals surface area contributed by atoms with Crippen molar-refractivity contribution in [2.75, 3.05) is 26.1 Å². The van der Waals surface area contributed by atoms with Gasteiger partial charge >= 0.3 is 0 Å². The summed E-state index contributed by atoms with van der Waals surface area (Å²) in [6, 6.07) is 10.0. The Morgan fingerprint density at radius 2 is 2.06 bits per heavy atom. The van der Waals surface area contributed by atoms with Gasteiger partial charge in [-0.2, -0.15) is 0 Å². The Morgan fingerprint density at radius 1 is 1.17 bits per heavy atom. The van der Waals surface area contributed by atoms with Gasteiger partial charge in [-0.05, 0) is 30.0 Å². The van der Waals surface area contributed by atoms with Crippen molar-refractivity contribution in [2.24, 2.45) is 0 Å². The Morgan fingerprint density at radius 3 is 2.72 bits per heavy atom. The maximum Gasteiger partial charge on any atom is 0.145 e. The van der Waals surface area contributed by atoms with Gasteiger partial charge in [-0.1, -0.05) is 6.07 Å². The molecule has 96 valence electrons. The highest BCUT2D eigenvalue weighted by Gasteiger charge is 2.04. The van der Waals surface area contributed by atoms with Crippen LogP contribution in [0.25, 0.3) is 0 Å². The molecule has 0 saturated heterocycles. The van der Waals surface area contributed by atoms with E-state index in [4.69, 9.17) is 9.47 Å². The van der Waals surface area contributed by atoms with Gasteiger partial charge < -0.3 is 14.8 Å². The van der Waals surface area contributed by atoms with Gasteiger partial charge in [-0.3, -0.25) is 0 Å². The van der Waals surface area contributed by atoms with Crippen molar-refractivity contribution in [2.45, 2.75) is 6.42 Å². The molecule has 0 amide bonds. The zero-order valence-corrected chi connectivity index (χ0v) is 11.4. The van der Waals surface area contributed by atoms with Crippen molar-refractivity contribution in [3.8, 4) is 11.5 Å². The van der Waals surface area contributed by atoms with E-state index >= 15 is 0 Å². The summed E-state index contributed by atoms with van der Waals surface area (Å²) in [6.45, 7) is 0.892. The van der Waals surface area contributed by atoms with Crippen LogP contribution >= 0.6 is 11.3 Å². The van der Waals surface area contributed by atoms with E-state index in [0.717, 1.165) is 30.2 Å². The van der Waals surface area contributed by atoms with Crippen molar-refractivity contribution in [3.63, 3.8) is 0 Å². The van der Waals surface area contributed by atoms with E-state index in [2.05, 4.69) is 22.8 Å². The molecule has 0 aliphatic heterocycles. The molecule has 0 unspecified atom stereocenters. The molecule has 2 rings (SSSR count). The lowest BCUT2D eigenvalue weighted by Crippen LogP contribution is -2.05. The molecule has 1 aromatic heterocycles. The van der Waals surface area contributed by atoms with Crippen molar-refractivity contribution in [3.05, 3.63) is 40.6 Å². The molecule has 0 aliphatic rings. The Balaban J connectivity index is 1.96. The van der Waals surface area contributed by atoms with E-state index in [1.165, 1.54) is 4.88 Å². The lowest BCUT2D eigenvalue weighted by Gasteiger charge is -2.12. The molecule has 4 heteroatoms. The topological polar surface area (TPSA) is 30.5 Å². The molecular weight excluding hydrogens is 246 g/mol. The average Bonchev–Trinajstić information content (AvgIpc) is 2.92. The third kappa shape index (κ3) is 3.17. The molecule has 1 heterocycles. The largest absolute Gasteiger partial charge is 0.497 e. The van der Waals surface area contributed by atoms with Crippen LogP contribution in [0.1, 0.15) is 4.88 Å². The summed E-state index contributed by atoms with van der Waals surface area (Å²) in [5.41, 5.74) is 0.995. The molecule has 1 N–H and O–H groups in total. The summed E-state index contributed by atoms with van der Waals surface area (Å²) in [7, 11) is 3.32. The van der Waals surface area contributed by atoms with Crippen LogP contribution in [-0.4, -0.2) is 20.8 Å². The summed E-state index contributed by atoms with van der Waals surface area (Å²) in [6.07, 6.45) is 1.02. The first-order chi connectivity index (χ1) is 8.83. The first-order valence-corrected chi connectivity index (χ1v) is 6.69. The zero-order valence-electron chi connectivity index (χ0n) is 10.6. The van der Waals surface area contributed by atoms with E-state index in [0.29, 0.717) is 0 Å². The van der Waals surface area contributed by atoms with Crippen LogP contribution in [0.2, 0.25) is 0 Å². The van der Waals surface area contributed by atoms with Crippen molar-refractivity contribution >= 4 is 17.0 Å². The fourth-order valence-electron chi connectivity index (χ4n) is 1.72. The molecule has 0 atom stereocenters. The highest BCUT2D eigenvalue weighted by molar-refractivity contribution is 7.09. The van der Waals surface area contributed by atoms with Crippen molar-refractivity contribution in [1.82, 2.24) is 0 Å². The molecule has 0 fully saturated rings. The SMILES string of the molecule is COc1ccc(NCCc2cccs2)c(OC)c1. The first-order valence-electron chi connectivity index (χ1n) is 5.82. The fourth-order valence-corrected chi connectivity index (χ4v) is 2.43. The second-order valence-electron chi connectivity index (χ2n) is 3.82. The Hall–Kier alpha value is -1.68. The van der Waals surface area contributed by atoms with Crippen LogP contribution in [0, 0.1) is 0 Å². The van der Waals surface area contributed by atoms with Gasteiger partial charge in [0.15, 0.2) is 0 Å². The molecular formula is C14H17NO2S. The second-order valence-corrected chi connectivity index (χ2v) is 4.85. The maximum absolute atomic E-state index is 5.34. The summed E-state index contributed by atoms with van der Waals surface area (Å²) < 4.78 is 10.5. The lowest BCUT2D eigenvalue weighted by molar-refractivity contribution is 0.395. The van der Waals surface area contributed by atoms with E-state index in [-0.39, 0.29) is 0 Å². The number of anilines is 1. The van der Waals surface area contributed by atoms with Crippen LogP contribution in [-0.2, 0) is 6.42 Å². The molecule has 1 aromatic carbocycles. The van der Waals surface area contributed by atoms with Gasteiger partial charge in [0.25, 0.3) is 0 Å². The second kappa shape index (κ2) is 6.31. The highest BCUT2D eigenvalue weighted by Crippen LogP contribution is 2.28. The van der Waals surface area contributed by atoms with Gasteiger partial charge in [-0.25, -0.2) is 0 Å². The van der Waals surface area contributed by atoms with E-state index < -0.39 is 0 Å². The summed E-state index contributed by atoms with van der Waals surface area (Å²) in [4.78, 5) is 1.38. The third-order valence-electron chi connectivity index (χ3n) is 2.68. The number of hydrogen-bond acceptors (Lipinski definition) is 4. The third-order valence-corrected chi connectivity index (χ3v) is 3.61. The average molecular weight is 263 g/mol. The van der Waals surface area contributed by atoms with Gasteiger partial charge in [0, 0.05) is 17.5 Å². The number of methoxy groups -OCH3 is 2. The van der Waals surface area contributed by atoms with Crippen LogP contribution in [0.15, 0.2) is 35.7 Å². The fraction of sp³-hybridized carbons (Fsp3) is 0.286. The Kier molecular flexibility index (Phi) is 4.47. The van der Waals surface area contributed by atoms with E-state index in [9.17, 15) is 0 Å². The number of thiophene rings is 1. The first kappa shape index (κ1) is 12.8. The maximum atomic E-state index is 5.34. The van der Waals surface area contributed by atoms with Crippen molar-refractivity contribution in [1.29, 1.82) is 0 Å². The highest BCUT2D eigenvalue weighted by atomic mass is 32.1. The predicted octanol–water partition coefficient (Wildman–Crippen LogP) is 3.42. The number of ether oxygens (including phenoxy) is 2. The monoisotopic (exact) mass is 263 g/mol. The van der Waals surface area contributed by atoms with E-state index in [1.807, 2.05) is 18.2 Å². The normalized spacial score (nSPS) is 10.1. The minimum absolute atomic E-state index is 0.802. The summed E-state index contributed by atoms with van der Waals surface area (Å²) >= 11 is 1.78. The molecule has 0 aliphatic carbocycles. The Labute approximate surface area is 111 Å². The molecule has 0 saturated carbocycles. The molecule has 0 radical (unpaired) electrons. The molecule has 0 bridgehead atoms. The van der Waals surface area contributed by atoms with Gasteiger partial charge in [0.2, 0.25) is 0 Å².